The molecule has 38 heavy (non-hydrogen) atoms. The van der Waals surface area contributed by atoms with E-state index in [-0.39, 0.29) is 23.0 Å². The van der Waals surface area contributed by atoms with Gasteiger partial charge in [0.15, 0.2) is 0 Å². The molecule has 8 rings (SSSR count). The van der Waals surface area contributed by atoms with Crippen molar-refractivity contribution < 1.29 is 26.6 Å². The monoisotopic (exact) mass is 566 g/mol. The van der Waals surface area contributed by atoms with Gasteiger partial charge in [0.25, 0.3) is 0 Å². The number of benzene rings is 4. The molecular weight excluding hydrogens is 532 g/mol. The van der Waals surface area contributed by atoms with E-state index in [1.165, 1.54) is 39.9 Å². The summed E-state index contributed by atoms with van der Waals surface area (Å²) in [5.74, 6) is 1.44. The maximum absolute atomic E-state index is 12.2. The Bertz CT molecular complexity index is 1560. The van der Waals surface area contributed by atoms with Crippen LogP contribution in [0.1, 0.15) is 43.4 Å². The molecule has 1 N–H and O–H groups in total. The zero-order valence-electron chi connectivity index (χ0n) is 21.9. The predicted molar refractivity (Wildman–Crippen MR) is 152 cm³/mol. The third-order valence-corrected chi connectivity index (χ3v) is 9.70. The first kappa shape index (κ1) is 25.5. The maximum atomic E-state index is 12.2. The molecule has 0 aliphatic carbocycles. The Morgan fingerprint density at radius 2 is 1.55 bits per heavy atom. The lowest BCUT2D eigenvalue weighted by atomic mass is 9.70. The zero-order chi connectivity index (χ0) is 25.0. The van der Waals surface area contributed by atoms with Crippen LogP contribution in [-0.2, 0) is 6.54 Å². The molecule has 5 aromatic rings. The molecule has 3 fully saturated rings. The number of rotatable bonds is 5. The molecule has 4 heterocycles. The van der Waals surface area contributed by atoms with E-state index in [1.54, 1.807) is 0 Å². The van der Waals surface area contributed by atoms with Gasteiger partial charge >= 0.3 is 0 Å². The highest BCUT2D eigenvalue weighted by Crippen LogP contribution is 2.49. The first-order valence-electron chi connectivity index (χ1n) is 13.9. The van der Waals surface area contributed by atoms with E-state index in [2.05, 4.69) is 90.8 Å². The third-order valence-electron chi connectivity index (χ3n) is 9.70. The number of hydrogen-bond acceptors (Lipinski definition) is 2. The minimum atomic E-state index is -0.505. The minimum absolute atomic E-state index is 0. The fourth-order valence-corrected chi connectivity index (χ4v) is 7.84. The summed E-state index contributed by atoms with van der Waals surface area (Å²) in [5.41, 5.74) is 3.45. The number of aliphatic hydroxyl groups excluding tert-OH is 1. The summed E-state index contributed by atoms with van der Waals surface area (Å²) in [6.07, 6.45) is 4.95. The molecule has 3 aliphatic rings. The fourth-order valence-electron chi connectivity index (χ4n) is 7.84. The average molecular weight is 568 g/mol. The van der Waals surface area contributed by atoms with E-state index in [9.17, 15) is 5.11 Å². The van der Waals surface area contributed by atoms with Crippen LogP contribution in [0.3, 0.4) is 0 Å². The highest BCUT2D eigenvalue weighted by Gasteiger charge is 2.54. The Kier molecular flexibility index (Phi) is 6.75. The SMILES string of the molecule is CC[C@H]1C[N+]2(Cc3c4ccccc4cc4ccccc34)CC[C@H]1C[C@H]2[C@H](O)c1ccnc2ccccc12.[Br-]. The van der Waals surface area contributed by atoms with Crippen molar-refractivity contribution in [3.63, 3.8) is 0 Å². The zero-order valence-corrected chi connectivity index (χ0v) is 23.5. The van der Waals surface area contributed by atoms with Gasteiger partial charge in [-0.2, -0.15) is 0 Å². The Morgan fingerprint density at radius 1 is 0.895 bits per heavy atom. The quantitative estimate of drug-likeness (QED) is 0.252. The normalized spacial score (nSPS) is 25.5. The molecule has 4 aromatic carbocycles. The number of para-hydroxylation sites is 1. The van der Waals surface area contributed by atoms with E-state index in [0.29, 0.717) is 5.92 Å². The van der Waals surface area contributed by atoms with Crippen LogP contribution < -0.4 is 17.0 Å². The van der Waals surface area contributed by atoms with Gasteiger partial charge in [-0.25, -0.2) is 0 Å². The van der Waals surface area contributed by atoms with Gasteiger partial charge in [-0.3, -0.25) is 4.98 Å². The lowest BCUT2D eigenvalue weighted by molar-refractivity contribution is -0.985. The second kappa shape index (κ2) is 10.1. The molecule has 1 aromatic heterocycles. The lowest BCUT2D eigenvalue weighted by Crippen LogP contribution is -3.00. The summed E-state index contributed by atoms with van der Waals surface area (Å²) in [6, 6.07) is 30.6. The van der Waals surface area contributed by atoms with Crippen LogP contribution in [0, 0.1) is 11.8 Å². The van der Waals surface area contributed by atoms with Crippen LogP contribution in [0.5, 0.6) is 0 Å². The van der Waals surface area contributed by atoms with Gasteiger partial charge in [-0.1, -0.05) is 73.7 Å². The molecule has 2 bridgehead atoms. The van der Waals surface area contributed by atoms with Crippen LogP contribution in [0.15, 0.2) is 91.1 Å². The van der Waals surface area contributed by atoms with Crippen LogP contribution in [0.25, 0.3) is 32.4 Å². The van der Waals surface area contributed by atoms with Crippen LogP contribution in [0.4, 0.5) is 0 Å². The fraction of sp³-hybridized carbons (Fsp3) is 0.324. The molecule has 0 amide bonds. The summed E-state index contributed by atoms with van der Waals surface area (Å²) < 4.78 is 0.977. The van der Waals surface area contributed by atoms with Crippen molar-refractivity contribution >= 4 is 32.4 Å². The van der Waals surface area contributed by atoms with Gasteiger partial charge in [0.05, 0.1) is 18.6 Å². The standard InChI is InChI=1S/C34H35N2O.BrH/c1-2-23-21-36(22-31-27-11-5-3-9-25(27)19-26-10-4-6-12-28(26)31)18-16-24(23)20-33(36)34(37)30-15-17-35-32-14-8-7-13-29(30)32;/h3-15,17,19,23-24,33-34,37H,2,16,18,20-22H2,1H3;1H/q+1;/p-1/t23-,24-,33-,34+,36?;/m0./s1. The summed E-state index contributed by atoms with van der Waals surface area (Å²) in [7, 11) is 0. The summed E-state index contributed by atoms with van der Waals surface area (Å²) in [5, 5.41) is 18.6. The van der Waals surface area contributed by atoms with E-state index < -0.39 is 6.10 Å². The maximum Gasteiger partial charge on any atom is 0.131 e. The molecule has 4 heteroatoms. The highest BCUT2D eigenvalue weighted by molar-refractivity contribution is 6.02. The van der Waals surface area contributed by atoms with E-state index >= 15 is 0 Å². The molecule has 5 atom stereocenters. The van der Waals surface area contributed by atoms with Crippen molar-refractivity contribution in [2.45, 2.75) is 44.9 Å². The van der Waals surface area contributed by atoms with Crippen molar-refractivity contribution in [3.05, 3.63) is 102 Å². The Labute approximate surface area is 235 Å². The topological polar surface area (TPSA) is 33.1 Å². The smallest absolute Gasteiger partial charge is 0.131 e. The lowest BCUT2D eigenvalue weighted by Gasteiger charge is -2.58. The Hall–Kier alpha value is -2.79. The predicted octanol–water partition coefficient (Wildman–Crippen LogP) is 4.41. The van der Waals surface area contributed by atoms with Gasteiger partial charge in [-0.15, -0.1) is 0 Å². The van der Waals surface area contributed by atoms with E-state index in [1.807, 2.05) is 12.3 Å². The van der Waals surface area contributed by atoms with Gasteiger partial charge < -0.3 is 26.6 Å². The Balaban J connectivity index is 0.00000264. The van der Waals surface area contributed by atoms with Crippen LogP contribution >= 0.6 is 0 Å². The van der Waals surface area contributed by atoms with Gasteiger partial charge in [0, 0.05) is 35.9 Å². The molecule has 3 saturated heterocycles. The van der Waals surface area contributed by atoms with E-state index in [4.69, 9.17) is 0 Å². The second-order valence-corrected chi connectivity index (χ2v) is 11.5. The number of hydrogen-bond donors (Lipinski definition) is 1. The first-order chi connectivity index (χ1) is 18.2. The molecule has 3 nitrogen and oxygen atoms in total. The number of fused-ring (bicyclic) bond motifs is 6. The highest BCUT2D eigenvalue weighted by atomic mass is 79.9. The minimum Gasteiger partial charge on any atom is -1.00 e. The van der Waals surface area contributed by atoms with Crippen molar-refractivity contribution in [1.29, 1.82) is 0 Å². The summed E-state index contributed by atoms with van der Waals surface area (Å²) >= 11 is 0. The molecule has 3 aliphatic heterocycles. The van der Waals surface area contributed by atoms with Gasteiger partial charge in [0.2, 0.25) is 0 Å². The number of piperidine rings is 3. The molecule has 1 unspecified atom stereocenters. The van der Waals surface area contributed by atoms with Gasteiger partial charge in [-0.05, 0) is 57.6 Å². The average Bonchev–Trinajstić information content (AvgIpc) is 2.96. The van der Waals surface area contributed by atoms with Crippen molar-refractivity contribution in [3.8, 4) is 0 Å². The summed E-state index contributed by atoms with van der Waals surface area (Å²) in [6.45, 7) is 5.63. The number of pyridine rings is 1. The number of aliphatic hydroxyl groups is 1. The largest absolute Gasteiger partial charge is 1.00 e. The van der Waals surface area contributed by atoms with Gasteiger partial charge in [0.1, 0.15) is 18.7 Å². The van der Waals surface area contributed by atoms with Crippen LogP contribution in [-0.4, -0.2) is 33.7 Å². The van der Waals surface area contributed by atoms with Crippen molar-refractivity contribution in [1.82, 2.24) is 4.98 Å². The molecule has 0 radical (unpaired) electrons. The first-order valence-corrected chi connectivity index (χ1v) is 13.9. The number of quaternary nitrogens is 1. The third kappa shape index (κ3) is 4.05. The second-order valence-electron chi connectivity index (χ2n) is 11.5. The number of halogens is 1. The number of aromatic nitrogens is 1. The summed E-state index contributed by atoms with van der Waals surface area (Å²) in [4.78, 5) is 4.58. The van der Waals surface area contributed by atoms with Crippen LogP contribution in [0.2, 0.25) is 0 Å². The molecule has 0 spiro atoms. The van der Waals surface area contributed by atoms with Crippen molar-refractivity contribution in [2.75, 3.05) is 13.1 Å². The number of nitrogens with zero attached hydrogens (tertiary/aromatic N) is 2. The van der Waals surface area contributed by atoms with Crippen molar-refractivity contribution in [2.24, 2.45) is 11.8 Å². The molecular formula is C34H35BrN2O. The Morgan fingerprint density at radius 3 is 2.26 bits per heavy atom. The molecule has 0 saturated carbocycles. The molecule has 194 valence electrons. The van der Waals surface area contributed by atoms with E-state index in [0.717, 1.165) is 52.9 Å².